The highest BCUT2D eigenvalue weighted by Gasteiger charge is 2.21. The number of carbonyl (C=O) groups is 2. The number of aromatic nitrogens is 2. The van der Waals surface area contributed by atoms with Crippen molar-refractivity contribution in [1.82, 2.24) is 15.3 Å². The van der Waals surface area contributed by atoms with E-state index in [-0.39, 0.29) is 5.82 Å². The van der Waals surface area contributed by atoms with Crippen LogP contribution in [0.1, 0.15) is 10.6 Å². The van der Waals surface area contributed by atoms with Crippen LogP contribution in [0.25, 0.3) is 11.0 Å². The molecule has 7 nitrogen and oxygen atoms in total. The molecular weight excluding hydrogens is 238 g/mol. The van der Waals surface area contributed by atoms with Crippen LogP contribution in [-0.4, -0.2) is 44.7 Å². The molecule has 0 radical (unpaired) electrons. The van der Waals surface area contributed by atoms with E-state index >= 15 is 0 Å². The lowest BCUT2D eigenvalue weighted by Crippen LogP contribution is -2.43. The number of carboxylic acids is 1. The number of carbonyl (C=O) groups excluding carboxylic acids is 1. The molecule has 0 aliphatic rings. The fourth-order valence-corrected chi connectivity index (χ4v) is 1.47. The first-order valence-electron chi connectivity index (χ1n) is 5.21. The van der Waals surface area contributed by atoms with Gasteiger partial charge in [-0.15, -0.1) is 0 Å². The van der Waals surface area contributed by atoms with E-state index in [0.29, 0.717) is 11.0 Å². The summed E-state index contributed by atoms with van der Waals surface area (Å²) in [6.07, 6.45) is 0. The highest BCUT2D eigenvalue weighted by Crippen LogP contribution is 2.10. The molecule has 0 unspecified atom stereocenters. The van der Waals surface area contributed by atoms with Gasteiger partial charge in [0.1, 0.15) is 0 Å². The molecule has 4 N–H and O–H groups in total. The van der Waals surface area contributed by atoms with Crippen LogP contribution < -0.4 is 5.32 Å². The molecule has 2 rings (SSSR count). The van der Waals surface area contributed by atoms with Gasteiger partial charge >= 0.3 is 5.97 Å². The van der Waals surface area contributed by atoms with E-state index in [0.717, 1.165) is 0 Å². The van der Waals surface area contributed by atoms with Gasteiger partial charge in [-0.1, -0.05) is 12.1 Å². The molecule has 1 amide bonds. The summed E-state index contributed by atoms with van der Waals surface area (Å²) < 4.78 is 0. The van der Waals surface area contributed by atoms with E-state index in [1.807, 2.05) is 0 Å². The second-order valence-corrected chi connectivity index (χ2v) is 3.65. The van der Waals surface area contributed by atoms with Crippen LogP contribution >= 0.6 is 0 Å². The first kappa shape index (κ1) is 12.1. The topological polar surface area (TPSA) is 115 Å². The van der Waals surface area contributed by atoms with Gasteiger partial charge in [-0.3, -0.25) is 4.79 Å². The zero-order valence-electron chi connectivity index (χ0n) is 9.25. The number of aliphatic hydroxyl groups is 1. The molecule has 0 spiro atoms. The fraction of sp³-hybridized carbons (Fsp3) is 0.182. The molecule has 1 aromatic carbocycles. The molecule has 0 saturated heterocycles. The van der Waals surface area contributed by atoms with Gasteiger partial charge in [-0.05, 0) is 12.1 Å². The van der Waals surface area contributed by atoms with Crippen molar-refractivity contribution < 1.29 is 19.8 Å². The molecule has 0 saturated carbocycles. The Morgan fingerprint density at radius 3 is 2.72 bits per heavy atom. The maximum Gasteiger partial charge on any atom is 0.328 e. The summed E-state index contributed by atoms with van der Waals surface area (Å²) in [5.41, 5.74) is 1.29. The third-order valence-electron chi connectivity index (χ3n) is 2.39. The summed E-state index contributed by atoms with van der Waals surface area (Å²) in [7, 11) is 0. The zero-order chi connectivity index (χ0) is 13.1. The maximum absolute atomic E-state index is 11.7. The van der Waals surface area contributed by atoms with Crippen LogP contribution in [0.3, 0.4) is 0 Å². The van der Waals surface area contributed by atoms with E-state index < -0.39 is 24.5 Å². The zero-order valence-corrected chi connectivity index (χ0v) is 9.25. The smallest absolute Gasteiger partial charge is 0.328 e. The van der Waals surface area contributed by atoms with Crippen LogP contribution in [-0.2, 0) is 4.79 Å². The summed E-state index contributed by atoms with van der Waals surface area (Å²) in [5, 5.41) is 19.7. The highest BCUT2D eigenvalue weighted by molar-refractivity contribution is 5.96. The quantitative estimate of drug-likeness (QED) is 0.595. The Balaban J connectivity index is 2.20. The van der Waals surface area contributed by atoms with Gasteiger partial charge in [0.05, 0.1) is 17.6 Å². The Morgan fingerprint density at radius 2 is 2.11 bits per heavy atom. The van der Waals surface area contributed by atoms with Crippen LogP contribution in [0.5, 0.6) is 0 Å². The summed E-state index contributed by atoms with van der Waals surface area (Å²) in [6.45, 7) is -0.679. The standard InChI is InChI=1S/C11H11N3O4/c15-5-8(11(17)18)14-10(16)9-12-6-3-1-2-4-7(6)13-9/h1-4,8,15H,5H2,(H,12,13)(H,14,16)(H,17,18)/t8-/m1/s1. The molecule has 18 heavy (non-hydrogen) atoms. The molecule has 0 aliphatic carbocycles. The van der Waals surface area contributed by atoms with Gasteiger partial charge in [-0.25, -0.2) is 9.78 Å². The normalized spacial score (nSPS) is 12.3. The van der Waals surface area contributed by atoms with Crippen molar-refractivity contribution in [3.8, 4) is 0 Å². The Morgan fingerprint density at radius 1 is 1.39 bits per heavy atom. The molecule has 94 valence electrons. The van der Waals surface area contributed by atoms with E-state index in [9.17, 15) is 9.59 Å². The molecule has 0 bridgehead atoms. The number of nitrogens with one attached hydrogen (secondary N) is 2. The monoisotopic (exact) mass is 249 g/mol. The third kappa shape index (κ3) is 2.30. The molecule has 1 heterocycles. The molecule has 7 heteroatoms. The molecule has 2 aromatic rings. The number of benzene rings is 1. The van der Waals surface area contributed by atoms with Gasteiger partial charge in [0, 0.05) is 0 Å². The largest absolute Gasteiger partial charge is 0.480 e. The Hall–Kier alpha value is -2.41. The number of amides is 1. The summed E-state index contributed by atoms with van der Waals surface area (Å²) in [5.74, 6) is -1.97. The van der Waals surface area contributed by atoms with Gasteiger partial charge < -0.3 is 20.5 Å². The van der Waals surface area contributed by atoms with E-state index in [1.165, 1.54) is 0 Å². The van der Waals surface area contributed by atoms with Crippen molar-refractivity contribution in [2.24, 2.45) is 0 Å². The van der Waals surface area contributed by atoms with Gasteiger partial charge in [0.15, 0.2) is 11.9 Å². The van der Waals surface area contributed by atoms with Gasteiger partial charge in [-0.2, -0.15) is 0 Å². The van der Waals surface area contributed by atoms with Crippen molar-refractivity contribution in [2.45, 2.75) is 6.04 Å². The number of hydrogen-bond donors (Lipinski definition) is 4. The van der Waals surface area contributed by atoms with Gasteiger partial charge in [0.2, 0.25) is 0 Å². The SMILES string of the molecule is O=C(N[C@H](CO)C(=O)O)c1nc2ccccc2[nH]1. The number of aromatic amines is 1. The number of carboxylic acid groups (broad SMARTS) is 1. The van der Waals surface area contributed by atoms with E-state index in [4.69, 9.17) is 10.2 Å². The first-order valence-corrected chi connectivity index (χ1v) is 5.21. The van der Waals surface area contributed by atoms with Crippen molar-refractivity contribution in [3.63, 3.8) is 0 Å². The minimum absolute atomic E-state index is 0.0101. The Labute approximate surface area is 101 Å². The van der Waals surface area contributed by atoms with Crippen molar-refractivity contribution >= 4 is 22.9 Å². The second kappa shape index (κ2) is 4.84. The number of para-hydroxylation sites is 2. The van der Waals surface area contributed by atoms with Crippen molar-refractivity contribution in [1.29, 1.82) is 0 Å². The molecule has 1 aromatic heterocycles. The number of aliphatic hydroxyl groups excluding tert-OH is 1. The lowest BCUT2D eigenvalue weighted by atomic mass is 10.3. The summed E-state index contributed by atoms with van der Waals surface area (Å²) in [4.78, 5) is 29.2. The summed E-state index contributed by atoms with van der Waals surface area (Å²) >= 11 is 0. The predicted octanol–water partition coefficient (Wildman–Crippen LogP) is -0.262. The number of imidazole rings is 1. The Kier molecular flexibility index (Phi) is 3.24. The maximum atomic E-state index is 11.7. The minimum Gasteiger partial charge on any atom is -0.480 e. The average molecular weight is 249 g/mol. The van der Waals surface area contributed by atoms with Crippen LogP contribution in [0.15, 0.2) is 24.3 Å². The number of H-pyrrole nitrogens is 1. The molecule has 1 atom stereocenters. The Bertz CT molecular complexity index is 560. The fourth-order valence-electron chi connectivity index (χ4n) is 1.47. The number of hydrogen-bond acceptors (Lipinski definition) is 4. The number of aliphatic carboxylic acids is 1. The summed E-state index contributed by atoms with van der Waals surface area (Å²) in [6, 6.07) is 5.70. The molecular formula is C11H11N3O4. The van der Waals surface area contributed by atoms with Gasteiger partial charge in [0.25, 0.3) is 5.91 Å². The number of rotatable bonds is 4. The predicted molar refractivity (Wildman–Crippen MR) is 62.1 cm³/mol. The first-order chi connectivity index (χ1) is 8.61. The van der Waals surface area contributed by atoms with Crippen molar-refractivity contribution in [2.75, 3.05) is 6.61 Å². The number of nitrogens with zero attached hydrogens (tertiary/aromatic N) is 1. The van der Waals surface area contributed by atoms with E-state index in [1.54, 1.807) is 24.3 Å². The number of fused-ring (bicyclic) bond motifs is 1. The van der Waals surface area contributed by atoms with Crippen LogP contribution in [0, 0.1) is 0 Å². The lowest BCUT2D eigenvalue weighted by molar-refractivity contribution is -0.140. The lowest BCUT2D eigenvalue weighted by Gasteiger charge is -2.09. The average Bonchev–Trinajstić information content (AvgIpc) is 2.79. The van der Waals surface area contributed by atoms with Crippen molar-refractivity contribution in [3.05, 3.63) is 30.1 Å². The molecule has 0 fully saturated rings. The third-order valence-corrected chi connectivity index (χ3v) is 2.39. The van der Waals surface area contributed by atoms with Crippen LogP contribution in [0.2, 0.25) is 0 Å². The highest BCUT2D eigenvalue weighted by atomic mass is 16.4. The molecule has 0 aliphatic heterocycles. The second-order valence-electron chi connectivity index (χ2n) is 3.65. The minimum atomic E-state index is -1.34. The van der Waals surface area contributed by atoms with Crippen LogP contribution in [0.4, 0.5) is 0 Å². The van der Waals surface area contributed by atoms with E-state index in [2.05, 4.69) is 15.3 Å².